The molecule has 0 fully saturated rings. The third-order valence-electron chi connectivity index (χ3n) is 5.08. The van der Waals surface area contributed by atoms with Crippen LogP contribution < -0.4 is 0 Å². The van der Waals surface area contributed by atoms with Crippen molar-refractivity contribution in [2.24, 2.45) is 0 Å². The van der Waals surface area contributed by atoms with Gasteiger partial charge in [0.1, 0.15) is 5.82 Å². The molecule has 29 heavy (non-hydrogen) atoms. The van der Waals surface area contributed by atoms with Crippen molar-refractivity contribution in [2.75, 3.05) is 14.1 Å². The predicted molar refractivity (Wildman–Crippen MR) is 118 cm³/mol. The highest BCUT2D eigenvalue weighted by Crippen LogP contribution is 2.30. The normalized spacial score (nSPS) is 13.1. The summed E-state index contributed by atoms with van der Waals surface area (Å²) in [5.41, 5.74) is 3.57. The molecule has 6 heteroatoms. The zero-order chi connectivity index (χ0) is 21.2. The molecular formula is C23H29FN4S. The van der Waals surface area contributed by atoms with Crippen LogP contribution in [0.25, 0.3) is 5.69 Å². The molecule has 0 bridgehead atoms. The molecule has 0 aliphatic heterocycles. The number of halogens is 1. The minimum Gasteiger partial charge on any atom is -0.300 e. The van der Waals surface area contributed by atoms with Crippen LogP contribution in [0.1, 0.15) is 50.7 Å². The summed E-state index contributed by atoms with van der Waals surface area (Å²) >= 11 is 1.64. The standard InChI is InChI=1S/C23H29FN4S/c1-16(27(5)6)21-25-26-22(28(21)20-13-11-19(24)12-14-20)29-15-17-7-9-18(10-8-17)23(2,3)4/h7-14,16H,15H2,1-6H3/t16-/m1/s1. The van der Waals surface area contributed by atoms with E-state index in [2.05, 4.69) is 67.1 Å². The first-order valence-electron chi connectivity index (χ1n) is 9.76. The van der Waals surface area contributed by atoms with Crippen LogP contribution in [-0.2, 0) is 11.2 Å². The van der Waals surface area contributed by atoms with Gasteiger partial charge in [0.2, 0.25) is 0 Å². The first kappa shape index (κ1) is 21.5. The lowest BCUT2D eigenvalue weighted by molar-refractivity contribution is 0.305. The van der Waals surface area contributed by atoms with Crippen LogP contribution in [0.5, 0.6) is 0 Å². The molecule has 0 spiro atoms. The van der Waals surface area contributed by atoms with Gasteiger partial charge in [-0.1, -0.05) is 56.8 Å². The van der Waals surface area contributed by atoms with Crippen molar-refractivity contribution in [2.45, 2.75) is 50.1 Å². The lowest BCUT2D eigenvalue weighted by Crippen LogP contribution is -2.20. The summed E-state index contributed by atoms with van der Waals surface area (Å²) < 4.78 is 15.5. The topological polar surface area (TPSA) is 34.0 Å². The fourth-order valence-corrected chi connectivity index (χ4v) is 3.87. The summed E-state index contributed by atoms with van der Waals surface area (Å²) in [6.45, 7) is 8.74. The number of rotatable bonds is 6. The number of benzene rings is 2. The van der Waals surface area contributed by atoms with Crippen LogP contribution in [0.2, 0.25) is 0 Å². The second kappa shape index (κ2) is 8.67. The number of hydrogen-bond acceptors (Lipinski definition) is 4. The van der Waals surface area contributed by atoms with E-state index in [1.54, 1.807) is 23.9 Å². The molecular weight excluding hydrogens is 383 g/mol. The molecule has 0 saturated heterocycles. The van der Waals surface area contributed by atoms with E-state index in [4.69, 9.17) is 0 Å². The molecule has 154 valence electrons. The van der Waals surface area contributed by atoms with E-state index >= 15 is 0 Å². The summed E-state index contributed by atoms with van der Waals surface area (Å²) in [6.07, 6.45) is 0. The third-order valence-corrected chi connectivity index (χ3v) is 6.08. The summed E-state index contributed by atoms with van der Waals surface area (Å²) in [4.78, 5) is 2.09. The van der Waals surface area contributed by atoms with Gasteiger partial charge in [0, 0.05) is 11.4 Å². The highest BCUT2D eigenvalue weighted by molar-refractivity contribution is 7.98. The second-order valence-electron chi connectivity index (χ2n) is 8.53. The molecule has 2 aromatic carbocycles. The Kier molecular flexibility index (Phi) is 6.44. The van der Waals surface area contributed by atoms with Crippen LogP contribution in [-0.4, -0.2) is 33.8 Å². The summed E-state index contributed by atoms with van der Waals surface area (Å²) in [7, 11) is 4.02. The van der Waals surface area contributed by atoms with Crippen LogP contribution in [0.3, 0.4) is 0 Å². The van der Waals surface area contributed by atoms with E-state index in [-0.39, 0.29) is 17.3 Å². The molecule has 0 saturated carbocycles. The Labute approximate surface area is 177 Å². The molecule has 3 rings (SSSR count). The van der Waals surface area contributed by atoms with Gasteiger partial charge in [-0.15, -0.1) is 10.2 Å². The zero-order valence-electron chi connectivity index (χ0n) is 18.0. The van der Waals surface area contributed by atoms with Crippen molar-refractivity contribution in [3.8, 4) is 5.69 Å². The van der Waals surface area contributed by atoms with Gasteiger partial charge in [-0.2, -0.15) is 0 Å². The molecule has 1 aromatic heterocycles. The van der Waals surface area contributed by atoms with Gasteiger partial charge in [0.25, 0.3) is 0 Å². The van der Waals surface area contributed by atoms with Crippen LogP contribution in [0.15, 0.2) is 53.7 Å². The number of hydrogen-bond donors (Lipinski definition) is 0. The summed E-state index contributed by atoms with van der Waals surface area (Å²) in [5, 5.41) is 9.70. The second-order valence-corrected chi connectivity index (χ2v) is 9.47. The molecule has 0 N–H and O–H groups in total. The van der Waals surface area contributed by atoms with Crippen molar-refractivity contribution in [1.29, 1.82) is 0 Å². The quantitative estimate of drug-likeness (QED) is 0.492. The highest BCUT2D eigenvalue weighted by atomic mass is 32.2. The number of thioether (sulfide) groups is 1. The lowest BCUT2D eigenvalue weighted by atomic mass is 9.87. The average molecular weight is 413 g/mol. The van der Waals surface area contributed by atoms with Crippen LogP contribution in [0, 0.1) is 5.82 Å². The number of aromatic nitrogens is 3. The maximum Gasteiger partial charge on any atom is 0.196 e. The Morgan fingerprint density at radius 2 is 1.62 bits per heavy atom. The molecule has 0 aliphatic rings. The summed E-state index contributed by atoms with van der Waals surface area (Å²) in [5.74, 6) is 1.38. The Morgan fingerprint density at radius 1 is 1.00 bits per heavy atom. The Morgan fingerprint density at radius 3 is 2.17 bits per heavy atom. The molecule has 1 atom stereocenters. The van der Waals surface area contributed by atoms with Gasteiger partial charge >= 0.3 is 0 Å². The monoisotopic (exact) mass is 412 g/mol. The fourth-order valence-electron chi connectivity index (χ4n) is 2.96. The van der Waals surface area contributed by atoms with Gasteiger partial charge in [-0.3, -0.25) is 9.47 Å². The van der Waals surface area contributed by atoms with Gasteiger partial charge in [-0.25, -0.2) is 4.39 Å². The van der Waals surface area contributed by atoms with E-state index in [1.807, 2.05) is 18.7 Å². The van der Waals surface area contributed by atoms with Crippen molar-refractivity contribution >= 4 is 11.8 Å². The predicted octanol–water partition coefficient (Wildman–Crippen LogP) is 5.62. The van der Waals surface area contributed by atoms with Crippen molar-refractivity contribution in [3.05, 3.63) is 71.3 Å². The van der Waals surface area contributed by atoms with E-state index in [0.29, 0.717) is 0 Å². The molecule has 0 amide bonds. The van der Waals surface area contributed by atoms with E-state index in [9.17, 15) is 4.39 Å². The van der Waals surface area contributed by atoms with Crippen molar-refractivity contribution < 1.29 is 4.39 Å². The largest absolute Gasteiger partial charge is 0.300 e. The van der Waals surface area contributed by atoms with E-state index in [1.165, 1.54) is 23.3 Å². The van der Waals surface area contributed by atoms with Crippen LogP contribution >= 0.6 is 11.8 Å². The molecule has 0 aliphatic carbocycles. The van der Waals surface area contributed by atoms with Crippen molar-refractivity contribution in [3.63, 3.8) is 0 Å². The van der Waals surface area contributed by atoms with Gasteiger partial charge < -0.3 is 0 Å². The Bertz CT molecular complexity index is 941. The van der Waals surface area contributed by atoms with Crippen molar-refractivity contribution in [1.82, 2.24) is 19.7 Å². The molecule has 1 heterocycles. The smallest absolute Gasteiger partial charge is 0.196 e. The SMILES string of the molecule is C[C@H](c1nnc(SCc2ccc(C(C)(C)C)cc2)n1-c1ccc(F)cc1)N(C)C. The van der Waals surface area contributed by atoms with Gasteiger partial charge in [0.15, 0.2) is 11.0 Å². The number of nitrogens with zero attached hydrogens (tertiary/aromatic N) is 4. The fraction of sp³-hybridized carbons (Fsp3) is 0.391. The molecule has 0 unspecified atom stereocenters. The first-order chi connectivity index (χ1) is 13.7. The first-order valence-corrected chi connectivity index (χ1v) is 10.8. The van der Waals surface area contributed by atoms with E-state index in [0.717, 1.165) is 22.4 Å². The minimum atomic E-state index is -0.253. The van der Waals surface area contributed by atoms with Gasteiger partial charge in [0.05, 0.1) is 6.04 Å². The lowest BCUT2D eigenvalue weighted by Gasteiger charge is -2.20. The molecule has 3 aromatic rings. The van der Waals surface area contributed by atoms with Crippen LogP contribution in [0.4, 0.5) is 4.39 Å². The Balaban J connectivity index is 1.88. The maximum atomic E-state index is 13.4. The molecule has 4 nitrogen and oxygen atoms in total. The maximum absolute atomic E-state index is 13.4. The highest BCUT2D eigenvalue weighted by Gasteiger charge is 2.21. The summed E-state index contributed by atoms with van der Waals surface area (Å²) in [6, 6.07) is 15.3. The van der Waals surface area contributed by atoms with E-state index < -0.39 is 0 Å². The Hall–Kier alpha value is -2.18. The average Bonchev–Trinajstić information content (AvgIpc) is 3.09. The minimum absolute atomic E-state index is 0.0768. The third kappa shape index (κ3) is 5.06. The molecule has 0 radical (unpaired) electrons. The zero-order valence-corrected chi connectivity index (χ0v) is 18.8. The van der Waals surface area contributed by atoms with Gasteiger partial charge in [-0.05, 0) is 61.8 Å².